The maximum Gasteiger partial charge on any atom is 0.306 e. The molecule has 1 aromatic heterocycles. The van der Waals surface area contributed by atoms with Crippen molar-refractivity contribution in [3.05, 3.63) is 80.9 Å². The lowest BCUT2D eigenvalue weighted by atomic mass is 9.92. The van der Waals surface area contributed by atoms with E-state index in [4.69, 9.17) is 18.6 Å². The predicted octanol–water partition coefficient (Wildman–Crippen LogP) is 4.34. The largest absolute Gasteiger partial charge is 0.502 e. The minimum atomic E-state index is -0.671. The van der Waals surface area contributed by atoms with Crippen LogP contribution >= 0.6 is 11.8 Å². The summed E-state index contributed by atoms with van der Waals surface area (Å²) in [5.41, 5.74) is 2.50. The third kappa shape index (κ3) is 5.94. The number of hydrogen-bond donors (Lipinski definition) is 1. The third-order valence-electron chi connectivity index (χ3n) is 6.61. The quantitative estimate of drug-likeness (QED) is 0.323. The van der Waals surface area contributed by atoms with Crippen LogP contribution in [0.1, 0.15) is 40.5 Å². The first-order valence-corrected chi connectivity index (χ1v) is 13.1. The first-order valence-electron chi connectivity index (χ1n) is 11.9. The molecule has 0 saturated carbocycles. The van der Waals surface area contributed by atoms with Gasteiger partial charge in [0.15, 0.2) is 17.3 Å². The Labute approximate surface area is 220 Å². The van der Waals surface area contributed by atoms with Gasteiger partial charge < -0.3 is 23.7 Å². The van der Waals surface area contributed by atoms with Crippen LogP contribution < -0.4 is 14.9 Å². The van der Waals surface area contributed by atoms with E-state index in [0.717, 1.165) is 29.0 Å². The molecule has 0 aliphatic carbocycles. The number of ether oxygens (including phenoxy) is 3. The summed E-state index contributed by atoms with van der Waals surface area (Å²) < 4.78 is 21.9. The fourth-order valence-electron chi connectivity index (χ4n) is 4.61. The molecule has 0 amide bonds. The van der Waals surface area contributed by atoms with Crippen LogP contribution in [0.15, 0.2) is 56.6 Å². The number of rotatable bonds is 9. The summed E-state index contributed by atoms with van der Waals surface area (Å²) in [6, 6.07) is 12.9. The van der Waals surface area contributed by atoms with Gasteiger partial charge in [0.05, 0.1) is 40.2 Å². The van der Waals surface area contributed by atoms with Crippen molar-refractivity contribution >= 4 is 17.7 Å². The first kappa shape index (κ1) is 26.6. The van der Waals surface area contributed by atoms with Crippen LogP contribution in [-0.2, 0) is 29.0 Å². The summed E-state index contributed by atoms with van der Waals surface area (Å²) in [5.74, 6) is 0.211. The van der Waals surface area contributed by atoms with E-state index in [9.17, 15) is 14.7 Å². The molecule has 0 radical (unpaired) electrons. The lowest BCUT2D eigenvalue weighted by Gasteiger charge is -2.29. The van der Waals surface area contributed by atoms with Gasteiger partial charge in [-0.2, -0.15) is 0 Å². The molecule has 3 aromatic rings. The summed E-state index contributed by atoms with van der Waals surface area (Å²) in [4.78, 5) is 28.2. The van der Waals surface area contributed by atoms with Crippen molar-refractivity contribution in [1.29, 1.82) is 0 Å². The molecule has 1 unspecified atom stereocenters. The minimum Gasteiger partial charge on any atom is -0.502 e. The Bertz CT molecular complexity index is 1320. The smallest absolute Gasteiger partial charge is 0.306 e. The Morgan fingerprint density at radius 3 is 2.38 bits per heavy atom. The van der Waals surface area contributed by atoms with Crippen LogP contribution in [0.2, 0.25) is 0 Å². The lowest BCUT2D eigenvalue weighted by Crippen LogP contribution is -2.30. The highest BCUT2D eigenvalue weighted by atomic mass is 32.2. The second kappa shape index (κ2) is 11.7. The van der Waals surface area contributed by atoms with Crippen LogP contribution in [-0.4, -0.2) is 50.1 Å². The summed E-state index contributed by atoms with van der Waals surface area (Å²) >= 11 is 1.60. The van der Waals surface area contributed by atoms with Gasteiger partial charge in [0, 0.05) is 24.1 Å². The van der Waals surface area contributed by atoms with Gasteiger partial charge in [-0.25, -0.2) is 0 Å². The van der Waals surface area contributed by atoms with E-state index in [1.165, 1.54) is 18.7 Å². The van der Waals surface area contributed by atoms with Crippen LogP contribution in [0, 0.1) is 0 Å². The van der Waals surface area contributed by atoms with Crippen LogP contribution in [0.4, 0.5) is 0 Å². The second-order valence-electron chi connectivity index (χ2n) is 8.83. The van der Waals surface area contributed by atoms with E-state index in [-0.39, 0.29) is 12.2 Å². The van der Waals surface area contributed by atoms with E-state index < -0.39 is 23.1 Å². The number of esters is 1. The number of aromatic hydroxyl groups is 1. The van der Waals surface area contributed by atoms with Crippen LogP contribution in [0.3, 0.4) is 0 Å². The number of fused-ring (bicyclic) bond motifs is 1. The molecule has 196 valence electrons. The Hall–Kier alpha value is -3.43. The molecule has 37 heavy (non-hydrogen) atoms. The van der Waals surface area contributed by atoms with E-state index in [1.807, 2.05) is 42.7 Å². The molecule has 1 atom stereocenters. The number of benzene rings is 2. The Morgan fingerprint density at radius 2 is 1.76 bits per heavy atom. The number of nitrogens with zero attached hydrogens (tertiary/aromatic N) is 1. The fourth-order valence-corrected chi connectivity index (χ4v) is 5.02. The molecule has 0 fully saturated rings. The van der Waals surface area contributed by atoms with Gasteiger partial charge in [0.2, 0.25) is 11.2 Å². The van der Waals surface area contributed by atoms with Crippen LogP contribution in [0.25, 0.3) is 0 Å². The van der Waals surface area contributed by atoms with Gasteiger partial charge in [-0.05, 0) is 53.6 Å². The van der Waals surface area contributed by atoms with Gasteiger partial charge in [-0.1, -0.05) is 12.1 Å². The molecule has 1 aliphatic rings. The molecular formula is C28H31NO7S. The molecule has 1 N–H and O–H groups in total. The Kier molecular flexibility index (Phi) is 8.45. The highest BCUT2D eigenvalue weighted by molar-refractivity contribution is 7.98. The summed E-state index contributed by atoms with van der Waals surface area (Å²) in [6.45, 7) is 1.76. The maximum atomic E-state index is 12.8. The fraction of sp³-hybridized carbons (Fsp3) is 0.357. The Morgan fingerprint density at radius 1 is 1.08 bits per heavy atom. The van der Waals surface area contributed by atoms with Gasteiger partial charge in [-0.15, -0.1) is 11.8 Å². The van der Waals surface area contributed by atoms with Crippen molar-refractivity contribution in [2.24, 2.45) is 0 Å². The average molecular weight is 526 g/mol. The zero-order chi connectivity index (χ0) is 26.5. The molecule has 0 spiro atoms. The van der Waals surface area contributed by atoms with Crippen molar-refractivity contribution in [2.45, 2.75) is 36.7 Å². The Balaban J connectivity index is 1.64. The van der Waals surface area contributed by atoms with E-state index in [0.29, 0.717) is 30.3 Å². The number of carbonyl (C=O) groups is 1. The summed E-state index contributed by atoms with van der Waals surface area (Å²) in [7, 11) is 4.53. The monoisotopic (exact) mass is 525 g/mol. The molecular weight excluding hydrogens is 494 g/mol. The minimum absolute atomic E-state index is 0.0635. The summed E-state index contributed by atoms with van der Waals surface area (Å²) in [6.07, 6.45) is 2.70. The van der Waals surface area contributed by atoms with Gasteiger partial charge in [0.1, 0.15) is 5.76 Å². The van der Waals surface area contributed by atoms with Crippen molar-refractivity contribution < 1.29 is 28.5 Å². The van der Waals surface area contributed by atoms with E-state index >= 15 is 0 Å². The SMILES string of the molecule is COC(=O)CC(c1ccc(SC)cc1)c1oc(CN2CCc3cc(OC)c(OC)cc3C2)cc(=O)c1O. The van der Waals surface area contributed by atoms with Crippen molar-refractivity contribution in [3.63, 3.8) is 0 Å². The molecule has 2 heterocycles. The number of hydrogen-bond acceptors (Lipinski definition) is 9. The first-order chi connectivity index (χ1) is 17.9. The molecule has 0 bridgehead atoms. The molecule has 1 aliphatic heterocycles. The van der Waals surface area contributed by atoms with Gasteiger partial charge >= 0.3 is 5.97 Å². The normalized spacial score (nSPS) is 14.1. The van der Waals surface area contributed by atoms with Gasteiger partial charge in [-0.3, -0.25) is 14.5 Å². The van der Waals surface area contributed by atoms with Crippen molar-refractivity contribution in [1.82, 2.24) is 4.90 Å². The van der Waals surface area contributed by atoms with E-state index in [1.54, 1.807) is 26.0 Å². The topological polar surface area (TPSA) is 98.4 Å². The average Bonchev–Trinajstić information content (AvgIpc) is 2.92. The summed E-state index contributed by atoms with van der Waals surface area (Å²) in [5, 5.41) is 10.7. The zero-order valence-electron chi connectivity index (χ0n) is 21.4. The number of thioether (sulfide) groups is 1. The van der Waals surface area contributed by atoms with Crippen molar-refractivity contribution in [2.75, 3.05) is 34.1 Å². The van der Waals surface area contributed by atoms with Gasteiger partial charge in [0.25, 0.3) is 0 Å². The zero-order valence-corrected chi connectivity index (χ0v) is 22.2. The second-order valence-corrected chi connectivity index (χ2v) is 9.71. The highest BCUT2D eigenvalue weighted by Crippen LogP contribution is 2.36. The predicted molar refractivity (Wildman–Crippen MR) is 141 cm³/mol. The number of methoxy groups -OCH3 is 3. The standard InChI is InChI=1S/C28H31NO7S/c1-33-24-11-18-9-10-29(15-19(18)12-25(24)34-2)16-20-13-23(30)27(32)28(36-20)22(14-26(31)35-3)17-5-7-21(37-4)8-6-17/h5-8,11-13,22,32H,9-10,14-16H2,1-4H3. The van der Waals surface area contributed by atoms with Crippen LogP contribution in [0.5, 0.6) is 17.2 Å². The molecule has 4 rings (SSSR count). The van der Waals surface area contributed by atoms with Crippen molar-refractivity contribution in [3.8, 4) is 17.2 Å². The number of carbonyl (C=O) groups excluding carboxylic acids is 1. The highest BCUT2D eigenvalue weighted by Gasteiger charge is 2.27. The molecule has 0 saturated heterocycles. The maximum absolute atomic E-state index is 12.8. The van der Waals surface area contributed by atoms with E-state index in [2.05, 4.69) is 4.90 Å². The molecule has 2 aromatic carbocycles. The third-order valence-corrected chi connectivity index (χ3v) is 7.35. The molecule has 8 nitrogen and oxygen atoms in total. The molecule has 9 heteroatoms. The lowest BCUT2D eigenvalue weighted by molar-refractivity contribution is -0.140.